The van der Waals surface area contributed by atoms with Crippen LogP contribution in [0, 0.1) is 6.92 Å². The molecule has 0 bridgehead atoms. The van der Waals surface area contributed by atoms with Gasteiger partial charge in [0.25, 0.3) is 0 Å². The highest BCUT2D eigenvalue weighted by Gasteiger charge is 2.20. The number of rotatable bonds is 8. The largest absolute Gasteiger partial charge is 0.497 e. The molecule has 2 heterocycles. The molecule has 0 atom stereocenters. The van der Waals surface area contributed by atoms with Crippen LogP contribution < -0.4 is 9.47 Å². The van der Waals surface area contributed by atoms with Crippen LogP contribution in [0.4, 0.5) is 0 Å². The summed E-state index contributed by atoms with van der Waals surface area (Å²) in [5.41, 5.74) is 3.77. The predicted molar refractivity (Wildman–Crippen MR) is 134 cm³/mol. The Hall–Kier alpha value is -4.11. The highest BCUT2D eigenvalue weighted by molar-refractivity contribution is 7.98. The number of methoxy groups -OCH3 is 2. The van der Waals surface area contributed by atoms with Gasteiger partial charge in [-0.15, -0.1) is 10.2 Å². The molecule has 8 nitrogen and oxygen atoms in total. The van der Waals surface area contributed by atoms with E-state index < -0.39 is 0 Å². The molecule has 5 rings (SSSR count). The molecule has 35 heavy (non-hydrogen) atoms. The molecule has 9 heteroatoms. The van der Waals surface area contributed by atoms with Crippen LogP contribution in [0.5, 0.6) is 11.5 Å². The first-order valence-electron chi connectivity index (χ1n) is 10.9. The van der Waals surface area contributed by atoms with Crippen molar-refractivity contribution in [3.8, 4) is 40.0 Å². The summed E-state index contributed by atoms with van der Waals surface area (Å²) in [5, 5.41) is 13.8. The Balaban J connectivity index is 1.48. The van der Waals surface area contributed by atoms with Gasteiger partial charge in [0.1, 0.15) is 11.5 Å². The third-order valence-corrected chi connectivity index (χ3v) is 6.40. The van der Waals surface area contributed by atoms with Crippen LogP contribution in [-0.4, -0.2) is 39.1 Å². The van der Waals surface area contributed by atoms with E-state index in [4.69, 9.17) is 14.0 Å². The second-order valence-corrected chi connectivity index (χ2v) is 8.60. The van der Waals surface area contributed by atoms with E-state index in [-0.39, 0.29) is 0 Å². The standard InChI is InChI=1S/C26H23N5O3S/c1-17-8-4-5-9-20(17)24-27-23(34-30-24)16-35-26-29-28-25(21-10-6-7-11-22(21)33-3)31(26)18-12-14-19(32-2)15-13-18/h4-15H,16H2,1-3H3. The minimum Gasteiger partial charge on any atom is -0.497 e. The van der Waals surface area contributed by atoms with Gasteiger partial charge in [0, 0.05) is 5.56 Å². The van der Waals surface area contributed by atoms with E-state index in [1.165, 1.54) is 11.8 Å². The van der Waals surface area contributed by atoms with E-state index in [2.05, 4.69) is 20.3 Å². The lowest BCUT2D eigenvalue weighted by Gasteiger charge is -2.12. The second kappa shape index (κ2) is 10.0. The number of para-hydroxylation sites is 1. The molecule has 0 saturated carbocycles. The maximum atomic E-state index is 5.58. The van der Waals surface area contributed by atoms with Crippen molar-refractivity contribution < 1.29 is 14.0 Å². The summed E-state index contributed by atoms with van der Waals surface area (Å²) in [6.07, 6.45) is 0. The number of hydrogen-bond acceptors (Lipinski definition) is 8. The molecule has 0 aliphatic heterocycles. The molecule has 0 spiro atoms. The Bertz CT molecular complexity index is 1450. The maximum absolute atomic E-state index is 5.58. The van der Waals surface area contributed by atoms with Crippen LogP contribution in [-0.2, 0) is 5.75 Å². The van der Waals surface area contributed by atoms with Crippen molar-refractivity contribution in [1.82, 2.24) is 24.9 Å². The Labute approximate surface area is 206 Å². The third-order valence-electron chi connectivity index (χ3n) is 5.49. The van der Waals surface area contributed by atoms with E-state index in [0.717, 1.165) is 28.1 Å². The van der Waals surface area contributed by atoms with E-state index in [1.807, 2.05) is 84.3 Å². The van der Waals surface area contributed by atoms with E-state index in [1.54, 1.807) is 14.2 Å². The van der Waals surface area contributed by atoms with E-state index in [0.29, 0.717) is 34.2 Å². The molecule has 0 fully saturated rings. The highest BCUT2D eigenvalue weighted by Crippen LogP contribution is 2.34. The lowest BCUT2D eigenvalue weighted by molar-refractivity contribution is 0.391. The van der Waals surface area contributed by atoms with E-state index >= 15 is 0 Å². The Kier molecular flexibility index (Phi) is 6.49. The zero-order valence-electron chi connectivity index (χ0n) is 19.5. The smallest absolute Gasteiger partial charge is 0.237 e. The highest BCUT2D eigenvalue weighted by atomic mass is 32.2. The van der Waals surface area contributed by atoms with Crippen LogP contribution in [0.15, 0.2) is 82.5 Å². The summed E-state index contributed by atoms with van der Waals surface area (Å²) in [6.45, 7) is 2.02. The molecule has 3 aromatic carbocycles. The third kappa shape index (κ3) is 4.63. The Morgan fingerprint density at radius 1 is 0.857 bits per heavy atom. The molecule has 0 aliphatic rings. The van der Waals surface area contributed by atoms with Gasteiger partial charge in [-0.05, 0) is 48.9 Å². The predicted octanol–water partition coefficient (Wildman–Crippen LogP) is 5.60. The quantitative estimate of drug-likeness (QED) is 0.262. The summed E-state index contributed by atoms with van der Waals surface area (Å²) in [4.78, 5) is 4.58. The van der Waals surface area contributed by atoms with Gasteiger partial charge in [-0.1, -0.05) is 53.3 Å². The Morgan fingerprint density at radius 3 is 2.34 bits per heavy atom. The molecule has 0 unspecified atom stereocenters. The van der Waals surface area contributed by atoms with E-state index in [9.17, 15) is 0 Å². The number of aryl methyl sites for hydroxylation is 1. The summed E-state index contributed by atoms with van der Waals surface area (Å²) < 4.78 is 18.4. The second-order valence-electron chi connectivity index (χ2n) is 7.66. The molecule has 176 valence electrons. The average molecular weight is 486 g/mol. The zero-order chi connectivity index (χ0) is 24.2. The summed E-state index contributed by atoms with van der Waals surface area (Å²) >= 11 is 1.47. The van der Waals surface area contributed by atoms with Gasteiger partial charge in [0.15, 0.2) is 11.0 Å². The number of benzene rings is 3. The summed E-state index contributed by atoms with van der Waals surface area (Å²) in [7, 11) is 3.29. The first-order chi connectivity index (χ1) is 17.2. The Morgan fingerprint density at radius 2 is 1.60 bits per heavy atom. The topological polar surface area (TPSA) is 88.1 Å². The first-order valence-corrected chi connectivity index (χ1v) is 11.9. The molecule has 0 N–H and O–H groups in total. The van der Waals surface area contributed by atoms with Crippen molar-refractivity contribution in [3.05, 3.63) is 84.3 Å². The lowest BCUT2D eigenvalue weighted by atomic mass is 10.1. The number of hydrogen-bond donors (Lipinski definition) is 0. The maximum Gasteiger partial charge on any atom is 0.237 e. The van der Waals surface area contributed by atoms with Gasteiger partial charge in [-0.25, -0.2) is 0 Å². The number of nitrogens with zero attached hydrogens (tertiary/aromatic N) is 5. The molecule has 0 radical (unpaired) electrons. The molecule has 2 aromatic heterocycles. The van der Waals surface area contributed by atoms with Gasteiger partial charge < -0.3 is 14.0 Å². The first kappa shape index (κ1) is 22.7. The zero-order valence-corrected chi connectivity index (χ0v) is 20.3. The molecule has 5 aromatic rings. The summed E-state index contributed by atoms with van der Waals surface area (Å²) in [5.74, 6) is 3.68. The minimum atomic E-state index is 0.444. The van der Waals surface area contributed by atoms with Gasteiger partial charge >= 0.3 is 0 Å². The fourth-order valence-corrected chi connectivity index (χ4v) is 4.49. The van der Waals surface area contributed by atoms with Crippen LogP contribution in [0.3, 0.4) is 0 Å². The van der Waals surface area contributed by atoms with Gasteiger partial charge in [-0.3, -0.25) is 4.57 Å². The number of ether oxygens (including phenoxy) is 2. The monoisotopic (exact) mass is 485 g/mol. The molecular formula is C26H23N5O3S. The van der Waals surface area contributed by atoms with Crippen LogP contribution >= 0.6 is 11.8 Å². The van der Waals surface area contributed by atoms with Crippen molar-refractivity contribution >= 4 is 11.8 Å². The SMILES string of the molecule is COc1ccc(-n2c(SCc3nc(-c4ccccc4C)no3)nnc2-c2ccccc2OC)cc1. The number of thioether (sulfide) groups is 1. The lowest BCUT2D eigenvalue weighted by Crippen LogP contribution is -2.01. The fourth-order valence-electron chi connectivity index (χ4n) is 3.70. The fraction of sp³-hybridized carbons (Fsp3) is 0.154. The van der Waals surface area contributed by atoms with Crippen molar-refractivity contribution in [3.63, 3.8) is 0 Å². The minimum absolute atomic E-state index is 0.444. The molecule has 0 aliphatic carbocycles. The van der Waals surface area contributed by atoms with Gasteiger partial charge in [-0.2, -0.15) is 4.98 Å². The van der Waals surface area contributed by atoms with Crippen molar-refractivity contribution in [2.45, 2.75) is 17.8 Å². The molecule has 0 saturated heterocycles. The van der Waals surface area contributed by atoms with Crippen molar-refractivity contribution in [2.75, 3.05) is 14.2 Å². The van der Waals surface area contributed by atoms with Crippen molar-refractivity contribution in [2.24, 2.45) is 0 Å². The normalized spacial score (nSPS) is 10.9. The van der Waals surface area contributed by atoms with Crippen LogP contribution in [0.1, 0.15) is 11.5 Å². The average Bonchev–Trinajstić information content (AvgIpc) is 3.55. The van der Waals surface area contributed by atoms with Gasteiger partial charge in [0.05, 0.1) is 31.2 Å². The van der Waals surface area contributed by atoms with Crippen molar-refractivity contribution in [1.29, 1.82) is 0 Å². The van der Waals surface area contributed by atoms with Gasteiger partial charge in [0.2, 0.25) is 11.7 Å². The molecule has 0 amide bonds. The molecular weight excluding hydrogens is 462 g/mol. The number of aromatic nitrogens is 5. The van der Waals surface area contributed by atoms with Crippen LogP contribution in [0.25, 0.3) is 28.5 Å². The van der Waals surface area contributed by atoms with Crippen LogP contribution in [0.2, 0.25) is 0 Å². The summed E-state index contributed by atoms with van der Waals surface area (Å²) in [6, 6.07) is 23.4.